The highest BCUT2D eigenvalue weighted by Crippen LogP contribution is 2.24. The molecular weight excluding hydrogens is 386 g/mol. The molecule has 0 spiro atoms. The highest BCUT2D eigenvalue weighted by atomic mass is 32.1. The van der Waals surface area contributed by atoms with Crippen LogP contribution in [0.15, 0.2) is 79.0 Å². The van der Waals surface area contributed by atoms with Gasteiger partial charge in [0.15, 0.2) is 5.11 Å². The van der Waals surface area contributed by atoms with Gasteiger partial charge in [0.2, 0.25) is 0 Å². The lowest BCUT2D eigenvalue weighted by molar-refractivity contribution is 0.414. The fraction of sp³-hybridized carbons (Fsp3) is 0.192. The third-order valence-corrected chi connectivity index (χ3v) is 6.05. The minimum absolute atomic E-state index is 0.737. The summed E-state index contributed by atoms with van der Waals surface area (Å²) < 4.78 is 2.19. The van der Waals surface area contributed by atoms with Crippen LogP contribution in [0.25, 0.3) is 10.9 Å². The molecule has 1 heterocycles. The van der Waals surface area contributed by atoms with E-state index in [1.54, 1.807) is 0 Å². The number of nitrogens with zero attached hydrogens (tertiary/aromatic N) is 2. The summed E-state index contributed by atoms with van der Waals surface area (Å²) in [7, 11) is 2.10. The average molecular weight is 414 g/mol. The van der Waals surface area contributed by atoms with Crippen LogP contribution < -0.4 is 5.32 Å². The zero-order chi connectivity index (χ0) is 21.1. The van der Waals surface area contributed by atoms with Crippen molar-refractivity contribution in [1.29, 1.82) is 0 Å². The molecule has 0 saturated carbocycles. The van der Waals surface area contributed by atoms with Gasteiger partial charge < -0.3 is 14.8 Å². The maximum absolute atomic E-state index is 5.90. The van der Waals surface area contributed by atoms with Crippen LogP contribution in [0.1, 0.15) is 22.3 Å². The quantitative estimate of drug-likeness (QED) is 0.394. The molecular formula is C26H27N3S. The van der Waals surface area contributed by atoms with Gasteiger partial charge in [0.25, 0.3) is 0 Å². The summed E-state index contributed by atoms with van der Waals surface area (Å²) in [5, 5.41) is 5.50. The Bertz CT molecular complexity index is 1180. The number of aromatic nitrogens is 1. The summed E-state index contributed by atoms with van der Waals surface area (Å²) in [4.78, 5) is 2.24. The summed E-state index contributed by atoms with van der Waals surface area (Å²) in [6.45, 7) is 5.75. The van der Waals surface area contributed by atoms with Crippen LogP contribution in [0.5, 0.6) is 0 Å². The SMILES string of the molecule is Cc1cccc(NC(=S)N(Cc2ccccc2)Cc2cn(C)c3ccccc23)c1C. The first-order chi connectivity index (χ1) is 14.5. The number of benzene rings is 3. The fourth-order valence-corrected chi connectivity index (χ4v) is 4.08. The standard InChI is InChI=1S/C26H27N3S/c1-19-10-9-14-24(20(19)2)27-26(30)29(16-21-11-5-4-6-12-21)18-22-17-28(3)25-15-8-7-13-23(22)25/h4-15,17H,16,18H2,1-3H3,(H,27,30). The molecule has 1 aromatic heterocycles. The number of thiocarbonyl (C=S) groups is 1. The fourth-order valence-electron chi connectivity index (χ4n) is 3.84. The molecule has 0 fully saturated rings. The summed E-state index contributed by atoms with van der Waals surface area (Å²) in [6, 6.07) is 25.3. The first-order valence-corrected chi connectivity index (χ1v) is 10.6. The van der Waals surface area contributed by atoms with E-state index in [9.17, 15) is 0 Å². The Kier molecular flexibility index (Phi) is 5.86. The van der Waals surface area contributed by atoms with E-state index >= 15 is 0 Å². The normalized spacial score (nSPS) is 10.9. The second-order valence-electron chi connectivity index (χ2n) is 7.80. The Labute approximate surface area is 184 Å². The van der Waals surface area contributed by atoms with Crippen molar-refractivity contribution in [3.05, 3.63) is 101 Å². The molecule has 4 aromatic rings. The van der Waals surface area contributed by atoms with E-state index in [2.05, 4.69) is 109 Å². The molecule has 0 amide bonds. The summed E-state index contributed by atoms with van der Waals surface area (Å²) in [5.41, 5.74) is 7.30. The number of hydrogen-bond donors (Lipinski definition) is 1. The van der Waals surface area contributed by atoms with Gasteiger partial charge in [-0.25, -0.2) is 0 Å². The number of anilines is 1. The van der Waals surface area contributed by atoms with E-state index < -0.39 is 0 Å². The van der Waals surface area contributed by atoms with Crippen molar-refractivity contribution in [2.24, 2.45) is 7.05 Å². The van der Waals surface area contributed by atoms with Crippen molar-refractivity contribution >= 4 is 33.9 Å². The van der Waals surface area contributed by atoms with Crippen molar-refractivity contribution in [2.45, 2.75) is 26.9 Å². The van der Waals surface area contributed by atoms with E-state index in [1.807, 2.05) is 6.07 Å². The van der Waals surface area contributed by atoms with Crippen LogP contribution in [0.3, 0.4) is 0 Å². The highest BCUT2D eigenvalue weighted by Gasteiger charge is 2.16. The molecule has 4 heteroatoms. The number of hydrogen-bond acceptors (Lipinski definition) is 1. The first kappa shape index (κ1) is 20.2. The molecule has 0 unspecified atom stereocenters. The second kappa shape index (κ2) is 8.72. The molecule has 0 atom stereocenters. The van der Waals surface area contributed by atoms with E-state index in [-0.39, 0.29) is 0 Å². The van der Waals surface area contributed by atoms with E-state index in [0.29, 0.717) is 0 Å². The number of para-hydroxylation sites is 1. The lowest BCUT2D eigenvalue weighted by Crippen LogP contribution is -2.34. The predicted octanol–water partition coefficient (Wildman–Crippen LogP) is 6.19. The number of rotatable bonds is 5. The van der Waals surface area contributed by atoms with Gasteiger partial charge in [0.05, 0.1) is 0 Å². The van der Waals surface area contributed by atoms with Crippen LogP contribution in [-0.4, -0.2) is 14.6 Å². The lowest BCUT2D eigenvalue weighted by atomic mass is 10.1. The van der Waals surface area contributed by atoms with Crippen LogP contribution >= 0.6 is 12.2 Å². The molecule has 4 rings (SSSR count). The largest absolute Gasteiger partial charge is 0.350 e. The molecule has 152 valence electrons. The Morgan fingerprint density at radius 1 is 0.900 bits per heavy atom. The van der Waals surface area contributed by atoms with Gasteiger partial charge in [-0.05, 0) is 60.5 Å². The maximum Gasteiger partial charge on any atom is 0.174 e. The van der Waals surface area contributed by atoms with Crippen molar-refractivity contribution in [3.63, 3.8) is 0 Å². The molecule has 0 bridgehead atoms. The van der Waals surface area contributed by atoms with Crippen molar-refractivity contribution in [1.82, 2.24) is 9.47 Å². The summed E-state index contributed by atoms with van der Waals surface area (Å²) >= 11 is 5.90. The molecule has 30 heavy (non-hydrogen) atoms. The third-order valence-electron chi connectivity index (χ3n) is 5.69. The Balaban J connectivity index is 1.65. The minimum Gasteiger partial charge on any atom is -0.350 e. The monoisotopic (exact) mass is 413 g/mol. The molecule has 3 nitrogen and oxygen atoms in total. The number of fused-ring (bicyclic) bond motifs is 1. The van der Waals surface area contributed by atoms with E-state index in [1.165, 1.54) is 33.2 Å². The van der Waals surface area contributed by atoms with Crippen LogP contribution in [-0.2, 0) is 20.1 Å². The predicted molar refractivity (Wildman–Crippen MR) is 131 cm³/mol. The molecule has 0 aliphatic heterocycles. The maximum atomic E-state index is 5.90. The molecule has 0 radical (unpaired) electrons. The topological polar surface area (TPSA) is 20.2 Å². The van der Waals surface area contributed by atoms with Crippen LogP contribution in [0.2, 0.25) is 0 Å². The van der Waals surface area contributed by atoms with Crippen molar-refractivity contribution in [3.8, 4) is 0 Å². The van der Waals surface area contributed by atoms with Gasteiger partial charge >= 0.3 is 0 Å². The van der Waals surface area contributed by atoms with Crippen LogP contribution in [0.4, 0.5) is 5.69 Å². The molecule has 0 aliphatic carbocycles. The zero-order valence-corrected chi connectivity index (χ0v) is 18.5. The third kappa shape index (κ3) is 4.24. The van der Waals surface area contributed by atoms with Gasteiger partial charge in [0, 0.05) is 42.9 Å². The van der Waals surface area contributed by atoms with Gasteiger partial charge in [-0.3, -0.25) is 0 Å². The Morgan fingerprint density at radius 2 is 1.63 bits per heavy atom. The summed E-state index contributed by atoms with van der Waals surface area (Å²) in [5.74, 6) is 0. The van der Waals surface area contributed by atoms with Crippen molar-refractivity contribution in [2.75, 3.05) is 5.32 Å². The highest BCUT2D eigenvalue weighted by molar-refractivity contribution is 7.80. The van der Waals surface area contributed by atoms with E-state index in [0.717, 1.165) is 23.9 Å². The van der Waals surface area contributed by atoms with Gasteiger partial charge in [0.1, 0.15) is 0 Å². The van der Waals surface area contributed by atoms with E-state index in [4.69, 9.17) is 12.2 Å². The second-order valence-corrected chi connectivity index (χ2v) is 8.19. The van der Waals surface area contributed by atoms with Gasteiger partial charge in [-0.1, -0.05) is 60.7 Å². The Morgan fingerprint density at radius 3 is 2.43 bits per heavy atom. The first-order valence-electron chi connectivity index (χ1n) is 10.2. The van der Waals surface area contributed by atoms with Gasteiger partial charge in [-0.2, -0.15) is 0 Å². The van der Waals surface area contributed by atoms with Crippen molar-refractivity contribution < 1.29 is 0 Å². The molecule has 3 aromatic carbocycles. The molecule has 1 N–H and O–H groups in total. The summed E-state index contributed by atoms with van der Waals surface area (Å²) in [6.07, 6.45) is 2.21. The zero-order valence-electron chi connectivity index (χ0n) is 17.7. The lowest BCUT2D eigenvalue weighted by Gasteiger charge is -2.27. The molecule has 0 aliphatic rings. The van der Waals surface area contributed by atoms with Crippen LogP contribution in [0, 0.1) is 13.8 Å². The smallest absolute Gasteiger partial charge is 0.174 e. The number of aryl methyl sites for hydroxylation is 2. The number of nitrogens with one attached hydrogen (secondary N) is 1. The minimum atomic E-state index is 0.737. The Hall–Kier alpha value is -3.11. The molecule has 0 saturated heterocycles. The van der Waals surface area contributed by atoms with Gasteiger partial charge in [-0.15, -0.1) is 0 Å². The average Bonchev–Trinajstić information content (AvgIpc) is 3.07.